The molecule has 0 saturated carbocycles. The van der Waals surface area contributed by atoms with Crippen molar-refractivity contribution in [1.82, 2.24) is 20.5 Å². The van der Waals surface area contributed by atoms with Crippen LogP contribution in [0, 0.1) is 12.7 Å². The number of hydrogen-bond donors (Lipinski definition) is 2. The van der Waals surface area contributed by atoms with E-state index in [1.807, 2.05) is 12.3 Å². The highest BCUT2D eigenvalue weighted by Crippen LogP contribution is 2.22. The van der Waals surface area contributed by atoms with E-state index in [-0.39, 0.29) is 35.8 Å². The molecule has 2 heterocycles. The molecule has 1 unspecified atom stereocenters. The van der Waals surface area contributed by atoms with Gasteiger partial charge < -0.3 is 15.4 Å². The largest absolute Gasteiger partial charge is 0.379 e. The molecule has 0 radical (unpaired) electrons. The van der Waals surface area contributed by atoms with Gasteiger partial charge in [-0.25, -0.2) is 9.37 Å². The Morgan fingerprint density at radius 3 is 2.79 bits per heavy atom. The van der Waals surface area contributed by atoms with Gasteiger partial charge in [0.25, 0.3) is 0 Å². The fourth-order valence-electron chi connectivity index (χ4n) is 3.28. The van der Waals surface area contributed by atoms with E-state index >= 15 is 0 Å². The Balaban J connectivity index is 0.00000300. The normalized spacial score (nSPS) is 16.2. The molecule has 0 aliphatic carbocycles. The van der Waals surface area contributed by atoms with Crippen LogP contribution in [0.3, 0.4) is 0 Å². The molecule has 0 spiro atoms. The van der Waals surface area contributed by atoms with Crippen LogP contribution in [0.5, 0.6) is 0 Å². The standard InChI is InChI=1S/C20H28FN5OS.HI/c1-15-13-24-19(28-15)6-7-23-20(22-2)25-14-18(26-8-10-27-11-9-26)16-4-3-5-17(21)12-16;/h3-5,12-13,18H,6-11,14H2,1-2H3,(H2,22,23,25);1H. The Morgan fingerprint density at radius 2 is 2.14 bits per heavy atom. The van der Waals surface area contributed by atoms with Gasteiger partial charge in [0.05, 0.1) is 24.3 Å². The summed E-state index contributed by atoms with van der Waals surface area (Å²) in [6.45, 7) is 6.52. The second-order valence-electron chi connectivity index (χ2n) is 6.71. The lowest BCUT2D eigenvalue weighted by atomic mass is 10.0. The Hall–Kier alpha value is -1.30. The maximum absolute atomic E-state index is 13.8. The molecule has 1 aromatic carbocycles. The minimum absolute atomic E-state index is 0. The van der Waals surface area contributed by atoms with Gasteiger partial charge in [0.15, 0.2) is 5.96 Å². The van der Waals surface area contributed by atoms with E-state index in [2.05, 4.69) is 32.4 Å². The number of morpholine rings is 1. The molecular formula is C20H29FIN5OS. The van der Waals surface area contributed by atoms with Gasteiger partial charge in [0, 0.05) is 50.7 Å². The van der Waals surface area contributed by atoms with Gasteiger partial charge in [-0.3, -0.25) is 9.89 Å². The number of ether oxygens (including phenoxy) is 1. The summed E-state index contributed by atoms with van der Waals surface area (Å²) in [5.41, 5.74) is 0.961. The molecule has 29 heavy (non-hydrogen) atoms. The highest BCUT2D eigenvalue weighted by atomic mass is 127. The number of rotatable bonds is 7. The summed E-state index contributed by atoms with van der Waals surface area (Å²) >= 11 is 1.72. The summed E-state index contributed by atoms with van der Waals surface area (Å²) < 4.78 is 19.3. The molecule has 2 N–H and O–H groups in total. The summed E-state index contributed by atoms with van der Waals surface area (Å²) in [5, 5.41) is 7.85. The minimum Gasteiger partial charge on any atom is -0.379 e. The summed E-state index contributed by atoms with van der Waals surface area (Å²) in [7, 11) is 1.76. The monoisotopic (exact) mass is 533 g/mol. The first-order valence-electron chi connectivity index (χ1n) is 9.59. The third kappa shape index (κ3) is 7.47. The lowest BCUT2D eigenvalue weighted by Gasteiger charge is -2.35. The maximum atomic E-state index is 13.8. The Kier molecular flexibility index (Phi) is 10.3. The predicted molar refractivity (Wildman–Crippen MR) is 127 cm³/mol. The number of guanidine groups is 1. The molecule has 1 aliphatic rings. The second kappa shape index (κ2) is 12.4. The number of aryl methyl sites for hydroxylation is 1. The van der Waals surface area contributed by atoms with E-state index in [1.165, 1.54) is 10.9 Å². The van der Waals surface area contributed by atoms with Crippen LogP contribution in [0.15, 0.2) is 35.5 Å². The molecule has 3 rings (SSSR count). The van der Waals surface area contributed by atoms with Gasteiger partial charge in [0.2, 0.25) is 0 Å². The SMILES string of the molecule is CN=C(NCCc1ncc(C)s1)NCC(c1cccc(F)c1)N1CCOCC1.I. The maximum Gasteiger partial charge on any atom is 0.191 e. The number of nitrogens with one attached hydrogen (secondary N) is 2. The smallest absolute Gasteiger partial charge is 0.191 e. The second-order valence-corrected chi connectivity index (χ2v) is 8.03. The predicted octanol–water partition coefficient (Wildman–Crippen LogP) is 2.99. The van der Waals surface area contributed by atoms with Crippen molar-refractivity contribution in [2.24, 2.45) is 4.99 Å². The first kappa shape index (κ1) is 24.0. The van der Waals surface area contributed by atoms with E-state index < -0.39 is 0 Å². The van der Waals surface area contributed by atoms with Crippen LogP contribution in [0.2, 0.25) is 0 Å². The molecule has 1 saturated heterocycles. The molecule has 1 aromatic heterocycles. The molecule has 1 atom stereocenters. The molecule has 160 valence electrons. The number of aliphatic imine (C=N–C) groups is 1. The Bertz CT molecular complexity index is 782. The van der Waals surface area contributed by atoms with Gasteiger partial charge in [-0.2, -0.15) is 0 Å². The zero-order valence-electron chi connectivity index (χ0n) is 16.9. The van der Waals surface area contributed by atoms with Crippen molar-refractivity contribution < 1.29 is 9.13 Å². The lowest BCUT2D eigenvalue weighted by Crippen LogP contribution is -2.46. The average Bonchev–Trinajstić information content (AvgIpc) is 3.13. The molecule has 1 aliphatic heterocycles. The Labute approximate surface area is 193 Å². The van der Waals surface area contributed by atoms with Crippen LogP contribution in [-0.2, 0) is 11.2 Å². The van der Waals surface area contributed by atoms with Crippen LogP contribution < -0.4 is 10.6 Å². The summed E-state index contributed by atoms with van der Waals surface area (Å²) in [6.07, 6.45) is 2.76. The van der Waals surface area contributed by atoms with E-state index in [0.29, 0.717) is 19.8 Å². The first-order valence-corrected chi connectivity index (χ1v) is 10.4. The fourth-order valence-corrected chi connectivity index (χ4v) is 4.07. The quantitative estimate of drug-likeness (QED) is 0.326. The summed E-state index contributed by atoms with van der Waals surface area (Å²) in [5.74, 6) is 0.528. The lowest BCUT2D eigenvalue weighted by molar-refractivity contribution is 0.0169. The molecule has 9 heteroatoms. The number of aromatic nitrogens is 1. The number of nitrogens with zero attached hydrogens (tertiary/aromatic N) is 3. The zero-order chi connectivity index (χ0) is 19.8. The van der Waals surface area contributed by atoms with Crippen LogP contribution in [0.25, 0.3) is 0 Å². The van der Waals surface area contributed by atoms with E-state index in [0.717, 1.165) is 42.6 Å². The topological polar surface area (TPSA) is 61.8 Å². The fraction of sp³-hybridized carbons (Fsp3) is 0.500. The first-order chi connectivity index (χ1) is 13.7. The molecule has 0 bridgehead atoms. The summed E-state index contributed by atoms with van der Waals surface area (Å²) in [6, 6.07) is 6.89. The molecule has 1 fully saturated rings. The van der Waals surface area contributed by atoms with Crippen molar-refractivity contribution in [2.45, 2.75) is 19.4 Å². The van der Waals surface area contributed by atoms with Gasteiger partial charge in [-0.15, -0.1) is 35.3 Å². The Morgan fingerprint density at radius 1 is 1.34 bits per heavy atom. The molecule has 0 amide bonds. The van der Waals surface area contributed by atoms with Crippen molar-refractivity contribution >= 4 is 41.3 Å². The van der Waals surface area contributed by atoms with Crippen molar-refractivity contribution in [1.29, 1.82) is 0 Å². The third-order valence-electron chi connectivity index (χ3n) is 4.71. The van der Waals surface area contributed by atoms with Gasteiger partial charge >= 0.3 is 0 Å². The van der Waals surface area contributed by atoms with E-state index in [4.69, 9.17) is 4.74 Å². The van der Waals surface area contributed by atoms with Gasteiger partial charge in [0.1, 0.15) is 5.82 Å². The minimum atomic E-state index is -0.211. The number of halogens is 2. The van der Waals surface area contributed by atoms with E-state index in [9.17, 15) is 4.39 Å². The molecule has 2 aromatic rings. The highest BCUT2D eigenvalue weighted by molar-refractivity contribution is 14.0. The van der Waals surface area contributed by atoms with Crippen LogP contribution >= 0.6 is 35.3 Å². The number of benzene rings is 1. The van der Waals surface area contributed by atoms with Crippen LogP contribution in [0.1, 0.15) is 21.5 Å². The molecular weight excluding hydrogens is 504 g/mol. The van der Waals surface area contributed by atoms with Crippen LogP contribution in [0.4, 0.5) is 4.39 Å². The zero-order valence-corrected chi connectivity index (χ0v) is 20.0. The molecule has 6 nitrogen and oxygen atoms in total. The van der Waals surface area contributed by atoms with E-state index in [1.54, 1.807) is 30.5 Å². The van der Waals surface area contributed by atoms with Crippen molar-refractivity contribution in [2.75, 3.05) is 46.4 Å². The van der Waals surface area contributed by atoms with Crippen LogP contribution in [-0.4, -0.2) is 62.3 Å². The number of thiazole rings is 1. The average molecular weight is 533 g/mol. The van der Waals surface area contributed by atoms with Crippen molar-refractivity contribution in [3.05, 3.63) is 51.7 Å². The van der Waals surface area contributed by atoms with Gasteiger partial charge in [-0.1, -0.05) is 12.1 Å². The van der Waals surface area contributed by atoms with Crippen molar-refractivity contribution in [3.63, 3.8) is 0 Å². The third-order valence-corrected chi connectivity index (χ3v) is 5.68. The van der Waals surface area contributed by atoms with Crippen molar-refractivity contribution in [3.8, 4) is 0 Å². The summed E-state index contributed by atoms with van der Waals surface area (Å²) in [4.78, 5) is 12.3. The highest BCUT2D eigenvalue weighted by Gasteiger charge is 2.23. The number of hydrogen-bond acceptors (Lipinski definition) is 5. The van der Waals surface area contributed by atoms with Gasteiger partial charge in [-0.05, 0) is 24.6 Å².